The first-order chi connectivity index (χ1) is 7.25. The summed E-state index contributed by atoms with van der Waals surface area (Å²) in [5.74, 6) is 0. The normalized spacial score (nSPS) is 11.2. The van der Waals surface area contributed by atoms with Crippen LogP contribution in [0.4, 0.5) is 0 Å². The van der Waals surface area contributed by atoms with Gasteiger partial charge in [0.15, 0.2) is 0 Å². The van der Waals surface area contributed by atoms with E-state index < -0.39 is 36.6 Å². The number of rotatable bonds is 3. The zero-order valence-electron chi connectivity index (χ0n) is 7.48. The quantitative estimate of drug-likeness (QED) is 0.673. The van der Waals surface area contributed by atoms with E-state index in [1.54, 1.807) is 0 Å². The Morgan fingerprint density at radius 2 is 1.44 bits per heavy atom. The fourth-order valence-corrected chi connectivity index (χ4v) is 2.43. The average molecular weight is 283 g/mol. The van der Waals surface area contributed by atoms with Crippen molar-refractivity contribution in [3.63, 3.8) is 0 Å². The number of carbonyl (C=O) groups is 2. The van der Waals surface area contributed by atoms with Gasteiger partial charge < -0.3 is 0 Å². The highest BCUT2D eigenvalue weighted by Gasteiger charge is 2.25. The first kappa shape index (κ1) is 13.1. The Morgan fingerprint density at radius 3 is 1.69 bits per heavy atom. The van der Waals surface area contributed by atoms with Crippen LogP contribution in [-0.4, -0.2) is 23.5 Å². The molecule has 0 aliphatic carbocycles. The Morgan fingerprint density at radius 1 is 1.06 bits per heavy atom. The first-order valence-electron chi connectivity index (χ1n) is 3.75. The van der Waals surface area contributed by atoms with E-state index in [2.05, 4.69) is 0 Å². The van der Waals surface area contributed by atoms with Crippen LogP contribution in [0.5, 0.6) is 0 Å². The van der Waals surface area contributed by atoms with E-state index >= 15 is 0 Å². The van der Waals surface area contributed by atoms with Crippen molar-refractivity contribution in [3.8, 4) is 0 Å². The molecule has 1 aromatic rings. The number of carbonyl (C=O) groups excluding carboxylic acids is 2. The molecule has 0 atom stereocenters. The minimum atomic E-state index is -4.76. The summed E-state index contributed by atoms with van der Waals surface area (Å²) in [6, 6.07) is 3.34. The molecule has 0 aliphatic rings. The molecule has 1 N–H and O–H groups in total. The van der Waals surface area contributed by atoms with Gasteiger partial charge in [-0.1, -0.05) is 6.07 Å². The maximum Gasteiger partial charge on any atom is 0.296 e. The van der Waals surface area contributed by atoms with Gasteiger partial charge in [-0.25, -0.2) is 0 Å². The summed E-state index contributed by atoms with van der Waals surface area (Å²) in [4.78, 5) is 21.0. The van der Waals surface area contributed by atoms with Gasteiger partial charge in [0.1, 0.15) is 4.90 Å². The molecule has 8 heteroatoms. The second-order valence-electron chi connectivity index (χ2n) is 2.70. The monoisotopic (exact) mass is 282 g/mol. The third-order valence-corrected chi connectivity index (χ3v) is 3.06. The fraction of sp³-hybridized carbons (Fsp3) is 0. The molecule has 0 saturated heterocycles. The molecule has 0 saturated carbocycles. The van der Waals surface area contributed by atoms with Crippen LogP contribution in [0, 0.1) is 0 Å². The second kappa shape index (κ2) is 4.50. The van der Waals surface area contributed by atoms with Crippen molar-refractivity contribution in [2.45, 2.75) is 4.90 Å². The molecule has 0 radical (unpaired) electrons. The van der Waals surface area contributed by atoms with E-state index in [1.807, 2.05) is 0 Å². The standard InChI is InChI=1S/C8H4Cl2O5S/c9-7(11)4-2-1-3-5(8(10)12)6(4)16(13,14)15/h1-3H,(H,13,14,15). The smallest absolute Gasteiger partial charge is 0.282 e. The van der Waals surface area contributed by atoms with Crippen molar-refractivity contribution >= 4 is 43.8 Å². The molecule has 86 valence electrons. The Bertz CT molecular complexity index is 532. The van der Waals surface area contributed by atoms with E-state index in [1.165, 1.54) is 6.07 Å². The maximum atomic E-state index is 11.0. The van der Waals surface area contributed by atoms with E-state index in [0.29, 0.717) is 0 Å². The lowest BCUT2D eigenvalue weighted by Gasteiger charge is -2.06. The average Bonchev–Trinajstić information content (AvgIpc) is 2.15. The highest BCUT2D eigenvalue weighted by molar-refractivity contribution is 7.86. The van der Waals surface area contributed by atoms with E-state index in [-0.39, 0.29) is 0 Å². The second-order valence-corrected chi connectivity index (χ2v) is 4.75. The highest BCUT2D eigenvalue weighted by atomic mass is 35.5. The third-order valence-electron chi connectivity index (χ3n) is 1.70. The van der Waals surface area contributed by atoms with Crippen molar-refractivity contribution in [2.24, 2.45) is 0 Å². The van der Waals surface area contributed by atoms with Crippen LogP contribution >= 0.6 is 23.2 Å². The molecule has 16 heavy (non-hydrogen) atoms. The predicted molar refractivity (Wildman–Crippen MR) is 56.6 cm³/mol. The molecular weight excluding hydrogens is 279 g/mol. The fourth-order valence-electron chi connectivity index (χ4n) is 1.12. The Labute approximate surface area is 101 Å². The molecule has 0 aliphatic heterocycles. The van der Waals surface area contributed by atoms with Crippen LogP contribution in [0.25, 0.3) is 0 Å². The zero-order valence-corrected chi connectivity index (χ0v) is 9.80. The molecule has 0 amide bonds. The molecule has 0 fully saturated rings. The van der Waals surface area contributed by atoms with Crippen molar-refractivity contribution in [1.82, 2.24) is 0 Å². The first-order valence-corrected chi connectivity index (χ1v) is 5.95. The van der Waals surface area contributed by atoms with Gasteiger partial charge in [-0.2, -0.15) is 8.42 Å². The van der Waals surface area contributed by atoms with Crippen LogP contribution in [0.2, 0.25) is 0 Å². The van der Waals surface area contributed by atoms with E-state index in [0.717, 1.165) is 12.1 Å². The minimum absolute atomic E-state index is 0.504. The summed E-state index contributed by atoms with van der Waals surface area (Å²) in [7, 11) is -4.76. The molecular formula is C8H4Cl2O5S. The van der Waals surface area contributed by atoms with Gasteiger partial charge in [0, 0.05) is 0 Å². The highest BCUT2D eigenvalue weighted by Crippen LogP contribution is 2.23. The number of hydrogen-bond donors (Lipinski definition) is 1. The third kappa shape index (κ3) is 2.59. The number of halogens is 2. The summed E-state index contributed by atoms with van der Waals surface area (Å²) in [6.45, 7) is 0. The summed E-state index contributed by atoms with van der Waals surface area (Å²) in [5.41, 5.74) is -1.01. The van der Waals surface area contributed by atoms with Crippen LogP contribution in [0.15, 0.2) is 23.1 Å². The topological polar surface area (TPSA) is 88.5 Å². The van der Waals surface area contributed by atoms with E-state index in [9.17, 15) is 18.0 Å². The summed E-state index contributed by atoms with van der Waals surface area (Å²) < 4.78 is 30.9. The van der Waals surface area contributed by atoms with Gasteiger partial charge >= 0.3 is 0 Å². The molecule has 0 heterocycles. The SMILES string of the molecule is O=C(Cl)c1cccc(C(=O)Cl)c1S(=O)(=O)O. The van der Waals surface area contributed by atoms with Gasteiger partial charge in [-0.05, 0) is 35.3 Å². The predicted octanol–water partition coefficient (Wildman–Crippen LogP) is 1.69. The summed E-state index contributed by atoms with van der Waals surface area (Å²) in [5, 5.41) is -2.24. The van der Waals surface area contributed by atoms with Crippen molar-refractivity contribution < 1.29 is 22.6 Å². The molecule has 0 unspecified atom stereocenters. The molecule has 0 bridgehead atoms. The number of benzene rings is 1. The lowest BCUT2D eigenvalue weighted by Crippen LogP contribution is -2.10. The van der Waals surface area contributed by atoms with E-state index in [4.69, 9.17) is 27.8 Å². The Kier molecular flexibility index (Phi) is 3.69. The van der Waals surface area contributed by atoms with Gasteiger partial charge in [0.25, 0.3) is 20.6 Å². The molecule has 5 nitrogen and oxygen atoms in total. The molecule has 0 aromatic heterocycles. The Hall–Kier alpha value is -0.950. The van der Waals surface area contributed by atoms with Crippen LogP contribution in [-0.2, 0) is 10.1 Å². The van der Waals surface area contributed by atoms with Crippen LogP contribution in [0.1, 0.15) is 20.7 Å². The summed E-state index contributed by atoms with van der Waals surface area (Å²) >= 11 is 10.2. The van der Waals surface area contributed by atoms with Crippen molar-refractivity contribution in [2.75, 3.05) is 0 Å². The van der Waals surface area contributed by atoms with Gasteiger partial charge in [-0.15, -0.1) is 0 Å². The van der Waals surface area contributed by atoms with Gasteiger partial charge in [-0.3, -0.25) is 14.1 Å². The summed E-state index contributed by atoms with van der Waals surface area (Å²) in [6.07, 6.45) is 0. The molecule has 1 rings (SSSR count). The Balaban J connectivity index is 3.75. The lowest BCUT2D eigenvalue weighted by molar-refractivity contribution is 0.107. The lowest BCUT2D eigenvalue weighted by atomic mass is 10.1. The maximum absolute atomic E-state index is 11.0. The van der Waals surface area contributed by atoms with Gasteiger partial charge in [0.2, 0.25) is 0 Å². The van der Waals surface area contributed by atoms with Crippen LogP contribution < -0.4 is 0 Å². The van der Waals surface area contributed by atoms with Gasteiger partial charge in [0.05, 0.1) is 11.1 Å². The van der Waals surface area contributed by atoms with Crippen molar-refractivity contribution in [1.29, 1.82) is 0 Å². The zero-order chi connectivity index (χ0) is 12.5. The molecule has 0 spiro atoms. The minimum Gasteiger partial charge on any atom is -0.282 e. The largest absolute Gasteiger partial charge is 0.296 e. The van der Waals surface area contributed by atoms with Crippen molar-refractivity contribution in [3.05, 3.63) is 29.3 Å². The molecule has 1 aromatic carbocycles. The van der Waals surface area contributed by atoms with Crippen LogP contribution in [0.3, 0.4) is 0 Å². The number of hydrogen-bond acceptors (Lipinski definition) is 4.